The van der Waals surface area contributed by atoms with Crippen LogP contribution >= 0.6 is 0 Å². The van der Waals surface area contributed by atoms with Gasteiger partial charge in [-0.1, -0.05) is 59.7 Å². The number of aliphatic imine (C=N–C) groups is 1. The summed E-state index contributed by atoms with van der Waals surface area (Å²) in [5, 5.41) is 5.52. The third kappa shape index (κ3) is 19.3. The monoisotopic (exact) mass is 911 g/mol. The molecule has 0 aliphatic heterocycles. The number of aromatic nitrogens is 1. The highest BCUT2D eigenvalue weighted by Gasteiger charge is 2.35. The van der Waals surface area contributed by atoms with Crippen molar-refractivity contribution in [2.24, 2.45) is 15.8 Å². The highest BCUT2D eigenvalue weighted by atomic mass is 16.6. The summed E-state index contributed by atoms with van der Waals surface area (Å²) in [5.74, 6) is -0.0359. The van der Waals surface area contributed by atoms with Gasteiger partial charge in [0.2, 0.25) is 5.96 Å². The minimum atomic E-state index is -0.836. The Kier molecular flexibility index (Phi) is 19.2. The van der Waals surface area contributed by atoms with Crippen LogP contribution in [0.5, 0.6) is 11.5 Å². The lowest BCUT2D eigenvalue weighted by molar-refractivity contribution is -0.193. The number of guanidine groups is 1. The number of ether oxygens (including phenoxy) is 4. The first-order chi connectivity index (χ1) is 30.4. The third-order valence-electron chi connectivity index (χ3n) is 9.08. The van der Waals surface area contributed by atoms with Crippen molar-refractivity contribution in [2.45, 2.75) is 120 Å². The van der Waals surface area contributed by atoms with Crippen LogP contribution in [0.2, 0.25) is 0 Å². The van der Waals surface area contributed by atoms with Crippen LogP contribution in [0.4, 0.5) is 15.3 Å². The number of hydrogen-bond acceptors (Lipinski definition) is 14. The fourth-order valence-electron chi connectivity index (χ4n) is 5.45. The number of esters is 1. The molecule has 17 heteroatoms. The molecule has 66 heavy (non-hydrogen) atoms. The SMILES string of the molecule is CC(C)(C)CN(Cc1cccc(OC(C)(C)C(C)(C)C)c1)C(=O)c1ccc2cc(OC(=O)c3ccc(N=C(NC(=O)OC(C)(C)C)NC(=O)OC(C)(C)C)cc3)ccc2n1.O=C=O.O=C=O. The number of pyridine rings is 1. The number of alkyl carbamates (subject to hydrolysis) is 2. The highest BCUT2D eigenvalue weighted by Crippen LogP contribution is 2.35. The standard InChI is InChI=1S/C47H61N5O8.2CO2/c1-43(2,3)29-52(28-30-16-15-17-35(26-30)58-47(13,14)44(4,5)6)38(53)37-24-20-32-27-34(23-25-36(32)49-37)57-39(54)31-18-21-33(22-19-31)48-40(50-41(55)59-45(7,8)9)51-42(56)60-46(10,11)12;2*2-1-3/h15-27H,28-29H2,1-14H3,(H2,48,50,51,55,56);;. The zero-order valence-electron chi connectivity index (χ0n) is 40.2. The number of benzene rings is 3. The Morgan fingerprint density at radius 1 is 0.667 bits per heavy atom. The van der Waals surface area contributed by atoms with E-state index in [4.69, 9.17) is 43.1 Å². The Morgan fingerprint density at radius 2 is 1.21 bits per heavy atom. The highest BCUT2D eigenvalue weighted by molar-refractivity contribution is 6.02. The van der Waals surface area contributed by atoms with Crippen LogP contribution < -0.4 is 20.1 Å². The quantitative estimate of drug-likeness (QED) is 0.0692. The van der Waals surface area contributed by atoms with Gasteiger partial charge in [-0.15, -0.1) is 0 Å². The minimum Gasteiger partial charge on any atom is -0.487 e. The average molecular weight is 912 g/mol. The minimum absolute atomic E-state index is 0.0910. The topological polar surface area (TPSA) is 226 Å². The fraction of sp³-hybridized carbons (Fsp3) is 0.429. The summed E-state index contributed by atoms with van der Waals surface area (Å²) in [4.78, 5) is 95.5. The lowest BCUT2D eigenvalue weighted by atomic mass is 9.79. The summed E-state index contributed by atoms with van der Waals surface area (Å²) in [7, 11) is 0. The number of nitrogens with one attached hydrogen (secondary N) is 2. The molecule has 0 bridgehead atoms. The molecule has 0 saturated heterocycles. The van der Waals surface area contributed by atoms with E-state index >= 15 is 0 Å². The largest absolute Gasteiger partial charge is 0.487 e. The molecule has 1 aromatic heterocycles. The maximum Gasteiger partial charge on any atom is 0.414 e. The van der Waals surface area contributed by atoms with Gasteiger partial charge < -0.3 is 23.8 Å². The second-order valence-electron chi connectivity index (χ2n) is 19.6. The Labute approximate surface area is 385 Å². The van der Waals surface area contributed by atoms with Crippen LogP contribution in [0.1, 0.15) is 123 Å². The normalized spacial score (nSPS) is 11.4. The number of fused-ring (bicyclic) bond motifs is 1. The molecule has 1 heterocycles. The molecule has 3 amide bonds. The summed E-state index contributed by atoms with van der Waals surface area (Å²) in [6, 6.07) is 22.4. The van der Waals surface area contributed by atoms with E-state index in [9.17, 15) is 19.2 Å². The van der Waals surface area contributed by atoms with Crippen molar-refractivity contribution >= 4 is 58.9 Å². The van der Waals surface area contributed by atoms with Gasteiger partial charge in [-0.25, -0.2) is 24.4 Å². The average Bonchev–Trinajstić information content (AvgIpc) is 3.15. The maximum atomic E-state index is 14.1. The first kappa shape index (κ1) is 54.9. The van der Waals surface area contributed by atoms with Gasteiger partial charge in [0.05, 0.1) is 16.8 Å². The Morgan fingerprint density at radius 3 is 1.71 bits per heavy atom. The first-order valence-corrected chi connectivity index (χ1v) is 20.8. The van der Waals surface area contributed by atoms with Crippen LogP contribution in [-0.2, 0) is 35.2 Å². The predicted octanol–water partition coefficient (Wildman–Crippen LogP) is 9.22. The molecule has 0 aliphatic carbocycles. The lowest BCUT2D eigenvalue weighted by Gasteiger charge is -2.39. The van der Waals surface area contributed by atoms with Crippen molar-refractivity contribution in [2.75, 3.05) is 6.54 Å². The molecule has 0 unspecified atom stereocenters. The van der Waals surface area contributed by atoms with Gasteiger partial charge in [-0.2, -0.15) is 19.2 Å². The van der Waals surface area contributed by atoms with E-state index in [-0.39, 0.29) is 46.3 Å². The second-order valence-corrected chi connectivity index (χ2v) is 19.6. The maximum absolute atomic E-state index is 14.1. The number of hydrogen-bond donors (Lipinski definition) is 2. The molecule has 0 fully saturated rings. The second kappa shape index (κ2) is 23.1. The van der Waals surface area contributed by atoms with Gasteiger partial charge in [0, 0.05) is 23.9 Å². The summed E-state index contributed by atoms with van der Waals surface area (Å²) in [6.07, 6.45) is -1.17. The number of carbonyl (C=O) groups excluding carboxylic acids is 8. The van der Waals surface area contributed by atoms with E-state index in [0.717, 1.165) is 11.3 Å². The van der Waals surface area contributed by atoms with Gasteiger partial charge in [0.15, 0.2) is 0 Å². The molecule has 0 spiro atoms. The van der Waals surface area contributed by atoms with E-state index in [1.54, 1.807) is 71.9 Å². The molecule has 4 aromatic rings. The molecule has 3 aromatic carbocycles. The Balaban J connectivity index is 0.00000236. The van der Waals surface area contributed by atoms with Crippen molar-refractivity contribution in [1.29, 1.82) is 0 Å². The lowest BCUT2D eigenvalue weighted by Crippen LogP contribution is -2.47. The van der Waals surface area contributed by atoms with Gasteiger partial charge in [-0.05, 0) is 127 Å². The van der Waals surface area contributed by atoms with Gasteiger partial charge >= 0.3 is 30.5 Å². The van der Waals surface area contributed by atoms with Crippen molar-refractivity contribution < 1.29 is 57.3 Å². The van der Waals surface area contributed by atoms with E-state index in [1.807, 2.05) is 29.2 Å². The molecule has 0 aliphatic rings. The molecule has 0 radical (unpaired) electrons. The Bertz CT molecular complexity index is 2380. The molecule has 4 rings (SSSR count). The van der Waals surface area contributed by atoms with Crippen LogP contribution in [-0.4, -0.2) is 75.6 Å². The molecule has 17 nitrogen and oxygen atoms in total. The molecule has 0 saturated carbocycles. The molecule has 354 valence electrons. The summed E-state index contributed by atoms with van der Waals surface area (Å²) in [5.41, 5.74) is 0.0584. The Hall–Kier alpha value is -7.22. The summed E-state index contributed by atoms with van der Waals surface area (Å²) >= 11 is 0. The number of nitrogens with zero attached hydrogens (tertiary/aromatic N) is 3. The van der Waals surface area contributed by atoms with Gasteiger partial charge in [-0.3, -0.25) is 15.4 Å². The first-order valence-electron chi connectivity index (χ1n) is 20.8. The van der Waals surface area contributed by atoms with Crippen molar-refractivity contribution in [1.82, 2.24) is 20.5 Å². The molecule has 0 atom stereocenters. The van der Waals surface area contributed by atoms with Crippen molar-refractivity contribution in [3.8, 4) is 11.5 Å². The van der Waals surface area contributed by atoms with Crippen molar-refractivity contribution in [3.05, 3.63) is 95.7 Å². The number of rotatable bonds is 9. The summed E-state index contributed by atoms with van der Waals surface area (Å²) < 4.78 is 22.7. The fourth-order valence-corrected chi connectivity index (χ4v) is 5.45. The van der Waals surface area contributed by atoms with Crippen LogP contribution in [0, 0.1) is 10.8 Å². The van der Waals surface area contributed by atoms with E-state index < -0.39 is 35.0 Å². The zero-order valence-corrected chi connectivity index (χ0v) is 40.2. The van der Waals surface area contributed by atoms with E-state index in [2.05, 4.69) is 71.0 Å². The van der Waals surface area contributed by atoms with Gasteiger partial charge in [0.1, 0.15) is 34.0 Å². The summed E-state index contributed by atoms with van der Waals surface area (Å²) in [6.45, 7) is 27.9. The van der Waals surface area contributed by atoms with Crippen molar-refractivity contribution in [3.63, 3.8) is 0 Å². The smallest absolute Gasteiger partial charge is 0.414 e. The molecular weight excluding hydrogens is 851 g/mol. The van der Waals surface area contributed by atoms with Crippen LogP contribution in [0.25, 0.3) is 10.9 Å². The molecular formula is C49H61N5O12. The number of carbonyl (C=O) groups is 4. The van der Waals surface area contributed by atoms with E-state index in [0.29, 0.717) is 35.4 Å². The zero-order chi connectivity index (χ0) is 50.3. The van der Waals surface area contributed by atoms with E-state index in [1.165, 1.54) is 24.3 Å². The van der Waals surface area contributed by atoms with Crippen LogP contribution in [0.15, 0.2) is 83.9 Å². The van der Waals surface area contributed by atoms with Gasteiger partial charge in [0.25, 0.3) is 5.91 Å². The number of amides is 3. The molecule has 2 N–H and O–H groups in total. The predicted molar refractivity (Wildman–Crippen MR) is 244 cm³/mol. The van der Waals surface area contributed by atoms with Crippen LogP contribution in [0.3, 0.4) is 0 Å². The third-order valence-corrected chi connectivity index (χ3v) is 9.08.